The molecule has 6 nitrogen and oxygen atoms in total. The molecule has 0 radical (unpaired) electrons. The minimum absolute atomic E-state index is 0.0694. The lowest BCUT2D eigenvalue weighted by Gasteiger charge is -2.14. The number of halogens is 1. The van der Waals surface area contributed by atoms with Crippen molar-refractivity contribution in [3.8, 4) is 11.5 Å². The molecular formula is C28H28BrN3O3. The highest BCUT2D eigenvalue weighted by molar-refractivity contribution is 9.10. The van der Waals surface area contributed by atoms with Crippen LogP contribution in [-0.2, 0) is 6.61 Å². The van der Waals surface area contributed by atoms with Gasteiger partial charge in [0.1, 0.15) is 12.4 Å². The van der Waals surface area contributed by atoms with Crippen molar-refractivity contribution in [2.45, 2.75) is 39.7 Å². The molecule has 0 amide bonds. The molecule has 0 spiro atoms. The molecule has 3 aromatic carbocycles. The molecular weight excluding hydrogens is 506 g/mol. The Labute approximate surface area is 213 Å². The van der Waals surface area contributed by atoms with E-state index in [4.69, 9.17) is 14.5 Å². The Balaban J connectivity index is 1.64. The number of ether oxygens (including phenoxy) is 2. The van der Waals surface area contributed by atoms with Gasteiger partial charge in [-0.3, -0.25) is 4.79 Å². The summed E-state index contributed by atoms with van der Waals surface area (Å²) < 4.78 is 13.7. The normalized spacial score (nSPS) is 12.3. The molecule has 0 saturated carbocycles. The number of aromatic nitrogens is 2. The number of rotatable bonds is 8. The summed E-state index contributed by atoms with van der Waals surface area (Å²) in [6.07, 6.45) is 2.48. The molecule has 0 aliphatic rings. The molecule has 1 aromatic heterocycles. The molecule has 0 aliphatic heterocycles. The Morgan fingerprint density at radius 3 is 2.57 bits per heavy atom. The van der Waals surface area contributed by atoms with Crippen molar-refractivity contribution in [2.75, 3.05) is 7.11 Å². The third-order valence-electron chi connectivity index (χ3n) is 5.91. The number of aryl methyl sites for hydroxylation is 1. The first-order valence-corrected chi connectivity index (χ1v) is 12.3. The summed E-state index contributed by atoms with van der Waals surface area (Å²) in [5.74, 6) is 1.93. The van der Waals surface area contributed by atoms with Crippen LogP contribution in [0.1, 0.15) is 48.7 Å². The predicted molar refractivity (Wildman–Crippen MR) is 144 cm³/mol. The molecule has 0 fully saturated rings. The zero-order chi connectivity index (χ0) is 24.9. The van der Waals surface area contributed by atoms with Gasteiger partial charge in [-0.2, -0.15) is 9.78 Å². The van der Waals surface area contributed by atoms with Crippen LogP contribution >= 0.6 is 15.9 Å². The highest BCUT2D eigenvalue weighted by Gasteiger charge is 2.15. The van der Waals surface area contributed by atoms with Crippen LogP contribution in [0.5, 0.6) is 11.5 Å². The van der Waals surface area contributed by atoms with E-state index in [9.17, 15) is 4.79 Å². The van der Waals surface area contributed by atoms with Crippen LogP contribution in [0.2, 0.25) is 0 Å². The summed E-state index contributed by atoms with van der Waals surface area (Å²) in [7, 11) is 1.60. The van der Waals surface area contributed by atoms with Crippen molar-refractivity contribution in [1.82, 2.24) is 9.66 Å². The van der Waals surface area contributed by atoms with E-state index in [1.54, 1.807) is 19.4 Å². The second-order valence-corrected chi connectivity index (χ2v) is 9.40. The van der Waals surface area contributed by atoms with E-state index in [1.807, 2.05) is 49.4 Å². The van der Waals surface area contributed by atoms with Crippen molar-refractivity contribution in [2.24, 2.45) is 5.10 Å². The molecule has 0 N–H and O–H groups in total. The van der Waals surface area contributed by atoms with E-state index in [0.717, 1.165) is 22.0 Å². The van der Waals surface area contributed by atoms with Gasteiger partial charge in [-0.05, 0) is 60.9 Å². The topological polar surface area (TPSA) is 65.7 Å². The summed E-state index contributed by atoms with van der Waals surface area (Å²) in [6, 6.07) is 19.3. The van der Waals surface area contributed by atoms with Gasteiger partial charge in [0, 0.05) is 10.4 Å². The van der Waals surface area contributed by atoms with E-state index in [1.165, 1.54) is 10.2 Å². The highest BCUT2D eigenvalue weighted by Crippen LogP contribution is 2.28. The van der Waals surface area contributed by atoms with E-state index >= 15 is 0 Å². The molecule has 4 aromatic rings. The fourth-order valence-electron chi connectivity index (χ4n) is 3.63. The van der Waals surface area contributed by atoms with Crippen LogP contribution in [0.3, 0.4) is 0 Å². The lowest BCUT2D eigenvalue weighted by atomic mass is 10.1. The quantitative estimate of drug-likeness (QED) is 0.244. The van der Waals surface area contributed by atoms with E-state index < -0.39 is 0 Å². The van der Waals surface area contributed by atoms with Crippen molar-refractivity contribution >= 4 is 33.0 Å². The number of hydrogen-bond acceptors (Lipinski definition) is 5. The third-order valence-corrected chi connectivity index (χ3v) is 6.40. The molecule has 0 saturated heterocycles. The number of fused-ring (bicyclic) bond motifs is 1. The Bertz CT molecular complexity index is 1430. The van der Waals surface area contributed by atoms with Crippen LogP contribution in [0.4, 0.5) is 0 Å². The maximum absolute atomic E-state index is 13.3. The fraction of sp³-hybridized carbons (Fsp3) is 0.250. The summed E-state index contributed by atoms with van der Waals surface area (Å²) >= 11 is 3.44. The number of benzene rings is 3. The van der Waals surface area contributed by atoms with Gasteiger partial charge in [-0.25, -0.2) is 4.98 Å². The summed E-state index contributed by atoms with van der Waals surface area (Å²) in [5, 5.41) is 5.05. The molecule has 0 aliphatic carbocycles. The van der Waals surface area contributed by atoms with Crippen LogP contribution in [0.25, 0.3) is 10.9 Å². The molecule has 1 heterocycles. The highest BCUT2D eigenvalue weighted by atomic mass is 79.9. The van der Waals surface area contributed by atoms with Gasteiger partial charge in [0.25, 0.3) is 5.56 Å². The first kappa shape index (κ1) is 24.7. The maximum atomic E-state index is 13.3. The van der Waals surface area contributed by atoms with Gasteiger partial charge in [-0.15, -0.1) is 0 Å². The molecule has 4 rings (SSSR count). The monoisotopic (exact) mass is 533 g/mol. The smallest absolute Gasteiger partial charge is 0.282 e. The van der Waals surface area contributed by atoms with E-state index in [2.05, 4.69) is 47.0 Å². The molecule has 1 atom stereocenters. The largest absolute Gasteiger partial charge is 0.493 e. The van der Waals surface area contributed by atoms with Crippen LogP contribution in [-0.4, -0.2) is 23.0 Å². The zero-order valence-electron chi connectivity index (χ0n) is 20.3. The van der Waals surface area contributed by atoms with Crippen LogP contribution in [0.15, 0.2) is 75.0 Å². The van der Waals surface area contributed by atoms with Crippen LogP contribution in [0, 0.1) is 6.92 Å². The molecule has 0 bridgehead atoms. The average molecular weight is 534 g/mol. The number of methoxy groups -OCH3 is 1. The standard InChI is InChI=1S/C28H28BrN3O3/c1-5-19(3)27-31-24-12-11-22(29)15-23(24)28(33)32(27)30-16-21-10-13-25(26(14-21)34-4)35-17-20-8-6-18(2)7-9-20/h6-16,19H,5,17H2,1-4H3/t19-/m1/s1. The Kier molecular flexibility index (Phi) is 7.66. The Morgan fingerprint density at radius 2 is 1.86 bits per heavy atom. The van der Waals surface area contributed by atoms with E-state index in [-0.39, 0.29) is 11.5 Å². The molecule has 7 heteroatoms. The molecule has 180 valence electrons. The van der Waals surface area contributed by atoms with Gasteiger partial charge in [0.05, 0.1) is 24.2 Å². The second-order valence-electron chi connectivity index (χ2n) is 8.49. The third kappa shape index (κ3) is 5.62. The predicted octanol–water partition coefficient (Wildman–Crippen LogP) is 6.45. The second kappa shape index (κ2) is 10.9. The van der Waals surface area contributed by atoms with Crippen molar-refractivity contribution < 1.29 is 9.47 Å². The maximum Gasteiger partial charge on any atom is 0.282 e. The van der Waals surface area contributed by atoms with Crippen molar-refractivity contribution in [3.05, 3.63) is 98.0 Å². The van der Waals surface area contributed by atoms with Gasteiger partial charge < -0.3 is 9.47 Å². The van der Waals surface area contributed by atoms with Crippen molar-refractivity contribution in [3.63, 3.8) is 0 Å². The Hall–Kier alpha value is -3.45. The first-order valence-electron chi connectivity index (χ1n) is 11.5. The van der Waals surface area contributed by atoms with Gasteiger partial charge in [-0.1, -0.05) is 59.6 Å². The summed E-state index contributed by atoms with van der Waals surface area (Å²) in [5.41, 5.74) is 3.53. The van der Waals surface area contributed by atoms with Gasteiger partial charge >= 0.3 is 0 Å². The van der Waals surface area contributed by atoms with Crippen molar-refractivity contribution in [1.29, 1.82) is 0 Å². The lowest BCUT2D eigenvalue weighted by Crippen LogP contribution is -2.23. The number of hydrogen-bond donors (Lipinski definition) is 0. The van der Waals surface area contributed by atoms with Gasteiger partial charge in [0.15, 0.2) is 11.5 Å². The average Bonchev–Trinajstić information content (AvgIpc) is 2.87. The summed E-state index contributed by atoms with van der Waals surface area (Å²) in [6.45, 7) is 6.61. The lowest BCUT2D eigenvalue weighted by molar-refractivity contribution is 0.284. The zero-order valence-corrected chi connectivity index (χ0v) is 21.9. The fourth-order valence-corrected chi connectivity index (χ4v) is 3.99. The minimum atomic E-state index is -0.201. The molecule has 35 heavy (non-hydrogen) atoms. The first-order chi connectivity index (χ1) is 16.9. The van der Waals surface area contributed by atoms with E-state index in [0.29, 0.717) is 34.8 Å². The SMILES string of the molecule is CC[C@@H](C)c1nc2ccc(Br)cc2c(=O)n1N=Cc1ccc(OCc2ccc(C)cc2)c(OC)c1. The summed E-state index contributed by atoms with van der Waals surface area (Å²) in [4.78, 5) is 18.1. The molecule has 0 unspecified atom stereocenters. The Morgan fingerprint density at radius 1 is 1.09 bits per heavy atom. The van der Waals surface area contributed by atoms with Crippen LogP contribution < -0.4 is 15.0 Å². The van der Waals surface area contributed by atoms with Gasteiger partial charge in [0.2, 0.25) is 0 Å². The number of nitrogens with zero attached hydrogens (tertiary/aromatic N) is 3. The minimum Gasteiger partial charge on any atom is -0.493 e.